The van der Waals surface area contributed by atoms with Crippen LogP contribution in [0.4, 0.5) is 0 Å². The molecule has 1 aliphatic rings. The van der Waals surface area contributed by atoms with E-state index in [0.29, 0.717) is 24.7 Å². The van der Waals surface area contributed by atoms with Gasteiger partial charge in [0.25, 0.3) is 5.91 Å². The minimum absolute atomic E-state index is 0.0457. The molecule has 0 bridgehead atoms. The molecule has 4 N–H and O–H groups in total. The number of nitrogens with two attached hydrogens (primary N) is 2. The number of guanidine groups is 1. The summed E-state index contributed by atoms with van der Waals surface area (Å²) in [6, 6.07) is 5.34. The van der Waals surface area contributed by atoms with Gasteiger partial charge >= 0.3 is 0 Å². The van der Waals surface area contributed by atoms with Crippen molar-refractivity contribution in [2.24, 2.45) is 21.5 Å². The van der Waals surface area contributed by atoms with E-state index in [2.05, 4.69) is 9.98 Å². The Balaban J connectivity index is 2.37. The maximum Gasteiger partial charge on any atom is 0.284 e. The highest BCUT2D eigenvalue weighted by molar-refractivity contribution is 6.29. The van der Waals surface area contributed by atoms with Gasteiger partial charge in [0.05, 0.1) is 18.8 Å². The molecule has 1 amide bonds. The Morgan fingerprint density at radius 2 is 1.77 bits per heavy atom. The molecule has 2 rings (SSSR count). The number of hydrogen-bond donors (Lipinski definition) is 2. The smallest absolute Gasteiger partial charge is 0.284 e. The summed E-state index contributed by atoms with van der Waals surface area (Å²) in [6.45, 7) is 4.82. The lowest BCUT2D eigenvalue weighted by Crippen LogP contribution is -2.29. The molecule has 0 aliphatic carbocycles. The molecule has 0 saturated carbocycles. The summed E-state index contributed by atoms with van der Waals surface area (Å²) in [4.78, 5) is 19.2. The normalized spacial score (nSPS) is 16.3. The first-order valence-electron chi connectivity index (χ1n) is 6.89. The Hall–Kier alpha value is -2.83. The van der Waals surface area contributed by atoms with Crippen molar-refractivity contribution in [3.63, 3.8) is 0 Å². The number of hydrogen-bond acceptors (Lipinski definition) is 6. The molecule has 0 atom stereocenters. The van der Waals surface area contributed by atoms with E-state index in [4.69, 9.17) is 20.9 Å². The third-order valence-corrected chi connectivity index (χ3v) is 2.84. The first-order chi connectivity index (χ1) is 10.5. The second kappa shape index (κ2) is 6.75. The van der Waals surface area contributed by atoms with Gasteiger partial charge in [0, 0.05) is 0 Å². The van der Waals surface area contributed by atoms with Crippen molar-refractivity contribution in [2.45, 2.75) is 13.8 Å². The summed E-state index contributed by atoms with van der Waals surface area (Å²) in [6.07, 6.45) is 1.59. The Morgan fingerprint density at radius 3 is 2.41 bits per heavy atom. The van der Waals surface area contributed by atoms with Crippen molar-refractivity contribution in [1.29, 1.82) is 0 Å². The zero-order valence-corrected chi connectivity index (χ0v) is 12.5. The van der Waals surface area contributed by atoms with Gasteiger partial charge in [-0.1, -0.05) is 6.07 Å². The van der Waals surface area contributed by atoms with Crippen molar-refractivity contribution in [3.8, 4) is 11.5 Å². The van der Waals surface area contributed by atoms with Crippen LogP contribution in [0.15, 0.2) is 33.8 Å². The Labute approximate surface area is 128 Å². The van der Waals surface area contributed by atoms with E-state index in [1.807, 2.05) is 13.8 Å². The summed E-state index contributed by atoms with van der Waals surface area (Å²) in [5, 5.41) is 0. The summed E-state index contributed by atoms with van der Waals surface area (Å²) >= 11 is 0. The van der Waals surface area contributed by atoms with E-state index >= 15 is 0 Å². The van der Waals surface area contributed by atoms with Crippen molar-refractivity contribution in [1.82, 2.24) is 0 Å². The molecule has 1 aliphatic heterocycles. The van der Waals surface area contributed by atoms with Crippen LogP contribution in [-0.4, -0.2) is 30.9 Å². The second-order valence-electron chi connectivity index (χ2n) is 4.40. The number of rotatable bonds is 5. The highest BCUT2D eigenvalue weighted by Gasteiger charge is 2.19. The summed E-state index contributed by atoms with van der Waals surface area (Å²) in [5.41, 5.74) is 12.0. The molecule has 0 aromatic heterocycles. The average Bonchev–Trinajstić information content (AvgIpc) is 2.46. The average molecular weight is 302 g/mol. The van der Waals surface area contributed by atoms with E-state index < -0.39 is 5.91 Å². The second-order valence-corrected chi connectivity index (χ2v) is 4.40. The number of nitrogens with zero attached hydrogens (tertiary/aromatic N) is 2. The lowest BCUT2D eigenvalue weighted by Gasteiger charge is -2.12. The van der Waals surface area contributed by atoms with Gasteiger partial charge < -0.3 is 20.9 Å². The quantitative estimate of drug-likeness (QED) is 0.790. The fourth-order valence-corrected chi connectivity index (χ4v) is 1.94. The number of aliphatic imine (C=N–C) groups is 2. The molecule has 7 nitrogen and oxygen atoms in total. The van der Waals surface area contributed by atoms with Crippen LogP contribution in [0.1, 0.15) is 19.4 Å². The minimum atomic E-state index is -0.517. The van der Waals surface area contributed by atoms with Gasteiger partial charge in [-0.3, -0.25) is 4.79 Å². The first-order valence-corrected chi connectivity index (χ1v) is 6.89. The van der Waals surface area contributed by atoms with Crippen molar-refractivity contribution in [3.05, 3.63) is 29.3 Å². The molecule has 0 radical (unpaired) electrons. The van der Waals surface area contributed by atoms with E-state index in [9.17, 15) is 4.79 Å². The molecule has 0 fully saturated rings. The molecule has 1 aromatic carbocycles. The third kappa shape index (κ3) is 3.43. The standard InChI is InChI=1S/C15H18N4O3/c1-3-21-11-6-5-9(8-12(11)22-4-2)7-10-13(16)18-15(17)19-14(10)20/h5-8H,3-4H2,1-2H3,(H4,16,17,18,19,20). The molecule has 0 spiro atoms. The Kier molecular flexibility index (Phi) is 4.77. The molecule has 1 heterocycles. The summed E-state index contributed by atoms with van der Waals surface area (Å²) in [5.74, 6) is 0.633. The van der Waals surface area contributed by atoms with E-state index in [-0.39, 0.29) is 17.4 Å². The largest absolute Gasteiger partial charge is 0.490 e. The Bertz CT molecular complexity index is 677. The van der Waals surface area contributed by atoms with Crippen LogP contribution >= 0.6 is 0 Å². The van der Waals surface area contributed by atoms with Gasteiger partial charge in [-0.2, -0.15) is 9.98 Å². The number of benzene rings is 1. The summed E-state index contributed by atoms with van der Waals surface area (Å²) < 4.78 is 11.0. The zero-order valence-electron chi connectivity index (χ0n) is 12.5. The molecule has 0 unspecified atom stereocenters. The lowest BCUT2D eigenvalue weighted by molar-refractivity contribution is -0.113. The first kappa shape index (κ1) is 15.6. The van der Waals surface area contributed by atoms with Crippen LogP contribution < -0.4 is 20.9 Å². The van der Waals surface area contributed by atoms with E-state index in [1.54, 1.807) is 24.3 Å². The monoisotopic (exact) mass is 302 g/mol. The number of amides is 1. The Morgan fingerprint density at radius 1 is 1.09 bits per heavy atom. The molecular formula is C15H18N4O3. The third-order valence-electron chi connectivity index (χ3n) is 2.84. The van der Waals surface area contributed by atoms with Gasteiger partial charge in [-0.05, 0) is 37.6 Å². The maximum atomic E-state index is 11.8. The number of carbonyl (C=O) groups excluding carboxylic acids is 1. The van der Waals surface area contributed by atoms with Crippen molar-refractivity contribution in [2.75, 3.05) is 13.2 Å². The zero-order chi connectivity index (χ0) is 16.1. The van der Waals surface area contributed by atoms with Gasteiger partial charge in [-0.15, -0.1) is 0 Å². The molecule has 7 heteroatoms. The topological polar surface area (TPSA) is 112 Å². The maximum absolute atomic E-state index is 11.8. The highest BCUT2D eigenvalue weighted by atomic mass is 16.5. The molecule has 22 heavy (non-hydrogen) atoms. The fourth-order valence-electron chi connectivity index (χ4n) is 1.94. The molecular weight excluding hydrogens is 284 g/mol. The molecule has 116 valence electrons. The van der Waals surface area contributed by atoms with Crippen LogP contribution in [0.2, 0.25) is 0 Å². The number of carbonyl (C=O) groups is 1. The van der Waals surface area contributed by atoms with Crippen LogP contribution in [0.5, 0.6) is 11.5 Å². The van der Waals surface area contributed by atoms with Gasteiger partial charge in [0.15, 0.2) is 11.5 Å². The van der Waals surface area contributed by atoms with Gasteiger partial charge in [-0.25, -0.2) is 0 Å². The lowest BCUT2D eigenvalue weighted by atomic mass is 10.1. The number of amidine groups is 1. The predicted octanol–water partition coefficient (Wildman–Crippen LogP) is 1.08. The van der Waals surface area contributed by atoms with E-state index in [1.165, 1.54) is 0 Å². The number of ether oxygens (including phenoxy) is 2. The predicted molar refractivity (Wildman–Crippen MR) is 85.0 cm³/mol. The van der Waals surface area contributed by atoms with Crippen molar-refractivity contribution < 1.29 is 14.3 Å². The molecule has 0 saturated heterocycles. The SMILES string of the molecule is CCOc1ccc(C=C2C(=O)N=C(N)N=C2N)cc1OCC. The van der Waals surface area contributed by atoms with Crippen LogP contribution in [0, 0.1) is 0 Å². The highest BCUT2D eigenvalue weighted by Crippen LogP contribution is 2.29. The van der Waals surface area contributed by atoms with Crippen molar-refractivity contribution >= 4 is 23.8 Å². The van der Waals surface area contributed by atoms with Gasteiger partial charge in [0.2, 0.25) is 5.96 Å². The molecule has 1 aromatic rings. The van der Waals surface area contributed by atoms with Crippen LogP contribution in [0.25, 0.3) is 6.08 Å². The van der Waals surface area contributed by atoms with E-state index in [0.717, 1.165) is 5.56 Å². The fraction of sp³-hybridized carbons (Fsp3) is 0.267. The minimum Gasteiger partial charge on any atom is -0.490 e. The summed E-state index contributed by atoms with van der Waals surface area (Å²) in [7, 11) is 0. The van der Waals surface area contributed by atoms with Crippen LogP contribution in [-0.2, 0) is 4.79 Å². The van der Waals surface area contributed by atoms with Gasteiger partial charge in [0.1, 0.15) is 5.84 Å². The van der Waals surface area contributed by atoms with Crippen LogP contribution in [0.3, 0.4) is 0 Å².